The molecule has 0 bridgehead atoms. The minimum Gasteiger partial charge on any atom is -0.496 e. The zero-order valence-corrected chi connectivity index (χ0v) is 12.8. The van der Waals surface area contributed by atoms with E-state index in [1.807, 2.05) is 0 Å². The average molecular weight is 310 g/mol. The van der Waals surface area contributed by atoms with Gasteiger partial charge in [-0.05, 0) is 19.1 Å². The summed E-state index contributed by atoms with van der Waals surface area (Å²) in [6.07, 6.45) is 0.115. The standard InChI is InChI=1S/C14H16ClN3O3/c1-8(14-17-9(2)21-18-14)16-13(19)7-10-11(15)5-4-6-12(10)20-3/h4-6,8H,7H2,1-3H3,(H,16,19). The largest absolute Gasteiger partial charge is 0.496 e. The molecular weight excluding hydrogens is 294 g/mol. The Labute approximate surface area is 127 Å². The Morgan fingerprint density at radius 3 is 2.90 bits per heavy atom. The van der Waals surface area contributed by atoms with Gasteiger partial charge in [-0.15, -0.1) is 0 Å². The monoisotopic (exact) mass is 309 g/mol. The van der Waals surface area contributed by atoms with E-state index in [9.17, 15) is 4.79 Å². The van der Waals surface area contributed by atoms with Crippen LogP contribution in [-0.4, -0.2) is 23.2 Å². The summed E-state index contributed by atoms with van der Waals surface area (Å²) in [5, 5.41) is 7.07. The van der Waals surface area contributed by atoms with Crippen LogP contribution < -0.4 is 10.1 Å². The van der Waals surface area contributed by atoms with E-state index in [4.69, 9.17) is 20.9 Å². The number of carbonyl (C=O) groups is 1. The highest BCUT2D eigenvalue weighted by Gasteiger charge is 2.17. The SMILES string of the molecule is COc1cccc(Cl)c1CC(=O)NC(C)c1noc(C)n1. The van der Waals surface area contributed by atoms with Crippen molar-refractivity contribution in [2.45, 2.75) is 26.3 Å². The number of methoxy groups -OCH3 is 1. The lowest BCUT2D eigenvalue weighted by Gasteiger charge is -2.13. The Kier molecular flexibility index (Phi) is 4.80. The highest BCUT2D eigenvalue weighted by atomic mass is 35.5. The predicted octanol–water partition coefficient (Wildman–Crippen LogP) is 2.46. The van der Waals surface area contributed by atoms with Gasteiger partial charge in [0.2, 0.25) is 11.8 Å². The molecule has 1 heterocycles. The lowest BCUT2D eigenvalue weighted by molar-refractivity contribution is -0.121. The number of halogens is 1. The molecule has 0 aliphatic rings. The fourth-order valence-electron chi connectivity index (χ4n) is 1.91. The molecule has 112 valence electrons. The second kappa shape index (κ2) is 6.58. The summed E-state index contributed by atoms with van der Waals surface area (Å²) < 4.78 is 10.1. The Hall–Kier alpha value is -2.08. The number of nitrogens with zero attached hydrogens (tertiary/aromatic N) is 2. The number of ether oxygens (including phenoxy) is 1. The third-order valence-electron chi connectivity index (χ3n) is 2.94. The number of hydrogen-bond acceptors (Lipinski definition) is 5. The summed E-state index contributed by atoms with van der Waals surface area (Å²) in [5.41, 5.74) is 0.649. The summed E-state index contributed by atoms with van der Waals surface area (Å²) in [4.78, 5) is 16.2. The first kappa shape index (κ1) is 15.3. The molecule has 0 spiro atoms. The van der Waals surface area contributed by atoms with Crippen molar-refractivity contribution in [1.29, 1.82) is 0 Å². The van der Waals surface area contributed by atoms with E-state index in [2.05, 4.69) is 15.5 Å². The molecule has 2 aromatic rings. The van der Waals surface area contributed by atoms with Crippen LogP contribution in [-0.2, 0) is 11.2 Å². The van der Waals surface area contributed by atoms with Crippen molar-refractivity contribution in [3.05, 3.63) is 40.5 Å². The van der Waals surface area contributed by atoms with Gasteiger partial charge in [0.15, 0.2) is 5.82 Å². The molecule has 1 aromatic carbocycles. The number of carbonyl (C=O) groups excluding carboxylic acids is 1. The van der Waals surface area contributed by atoms with E-state index >= 15 is 0 Å². The van der Waals surface area contributed by atoms with Crippen LogP contribution in [0.3, 0.4) is 0 Å². The van der Waals surface area contributed by atoms with Gasteiger partial charge >= 0.3 is 0 Å². The Morgan fingerprint density at radius 2 is 2.29 bits per heavy atom. The zero-order chi connectivity index (χ0) is 15.4. The predicted molar refractivity (Wildman–Crippen MR) is 77.3 cm³/mol. The first-order valence-corrected chi connectivity index (χ1v) is 6.80. The van der Waals surface area contributed by atoms with Crippen LogP contribution >= 0.6 is 11.6 Å². The van der Waals surface area contributed by atoms with Gasteiger partial charge in [0, 0.05) is 17.5 Å². The molecule has 21 heavy (non-hydrogen) atoms. The number of aryl methyl sites for hydroxylation is 1. The fourth-order valence-corrected chi connectivity index (χ4v) is 2.14. The van der Waals surface area contributed by atoms with Crippen molar-refractivity contribution >= 4 is 17.5 Å². The van der Waals surface area contributed by atoms with Crippen LogP contribution in [0.25, 0.3) is 0 Å². The number of aromatic nitrogens is 2. The van der Waals surface area contributed by atoms with Crippen LogP contribution in [0.2, 0.25) is 5.02 Å². The van der Waals surface area contributed by atoms with Gasteiger partial charge in [0.1, 0.15) is 5.75 Å². The van der Waals surface area contributed by atoms with Crippen LogP contribution in [0, 0.1) is 6.92 Å². The molecule has 0 saturated heterocycles. The van der Waals surface area contributed by atoms with E-state index in [-0.39, 0.29) is 18.4 Å². The van der Waals surface area contributed by atoms with Crippen molar-refractivity contribution in [2.24, 2.45) is 0 Å². The minimum absolute atomic E-state index is 0.115. The highest BCUT2D eigenvalue weighted by molar-refractivity contribution is 6.31. The summed E-state index contributed by atoms with van der Waals surface area (Å²) in [5.74, 6) is 1.28. The van der Waals surface area contributed by atoms with Crippen LogP contribution in [0.1, 0.15) is 30.2 Å². The number of rotatable bonds is 5. The van der Waals surface area contributed by atoms with Gasteiger partial charge in [-0.25, -0.2) is 0 Å². The summed E-state index contributed by atoms with van der Waals surface area (Å²) >= 11 is 6.11. The van der Waals surface area contributed by atoms with E-state index in [1.165, 1.54) is 7.11 Å². The summed E-state index contributed by atoms with van der Waals surface area (Å²) in [7, 11) is 1.54. The van der Waals surface area contributed by atoms with Crippen LogP contribution in [0.5, 0.6) is 5.75 Å². The van der Waals surface area contributed by atoms with E-state index in [0.717, 1.165) is 0 Å². The molecule has 1 N–H and O–H groups in total. The minimum atomic E-state index is -0.344. The molecule has 0 aliphatic heterocycles. The fraction of sp³-hybridized carbons (Fsp3) is 0.357. The second-order valence-electron chi connectivity index (χ2n) is 4.56. The number of nitrogens with one attached hydrogen (secondary N) is 1. The maximum Gasteiger partial charge on any atom is 0.225 e. The van der Waals surface area contributed by atoms with E-state index in [1.54, 1.807) is 32.0 Å². The average Bonchev–Trinajstić information content (AvgIpc) is 2.87. The first-order chi connectivity index (χ1) is 10.0. The van der Waals surface area contributed by atoms with Crippen molar-refractivity contribution in [1.82, 2.24) is 15.5 Å². The second-order valence-corrected chi connectivity index (χ2v) is 4.97. The molecule has 6 nitrogen and oxygen atoms in total. The van der Waals surface area contributed by atoms with Crippen molar-refractivity contribution in [3.63, 3.8) is 0 Å². The van der Waals surface area contributed by atoms with Crippen LogP contribution in [0.4, 0.5) is 0 Å². The van der Waals surface area contributed by atoms with Gasteiger partial charge in [0.05, 0.1) is 19.6 Å². The van der Waals surface area contributed by atoms with Crippen LogP contribution in [0.15, 0.2) is 22.7 Å². The normalized spacial score (nSPS) is 12.0. The van der Waals surface area contributed by atoms with Gasteiger partial charge in [-0.3, -0.25) is 4.79 Å². The number of hydrogen-bond donors (Lipinski definition) is 1. The molecule has 0 saturated carbocycles. The highest BCUT2D eigenvalue weighted by Crippen LogP contribution is 2.26. The Morgan fingerprint density at radius 1 is 1.52 bits per heavy atom. The first-order valence-electron chi connectivity index (χ1n) is 6.42. The van der Waals surface area contributed by atoms with E-state index < -0.39 is 0 Å². The quantitative estimate of drug-likeness (QED) is 0.918. The van der Waals surface area contributed by atoms with Crippen molar-refractivity contribution in [3.8, 4) is 5.75 Å². The zero-order valence-electron chi connectivity index (χ0n) is 12.0. The Balaban J connectivity index is 2.05. The molecule has 0 fully saturated rings. The van der Waals surface area contributed by atoms with Crippen molar-refractivity contribution < 1.29 is 14.1 Å². The number of benzene rings is 1. The lowest BCUT2D eigenvalue weighted by Crippen LogP contribution is -2.29. The van der Waals surface area contributed by atoms with E-state index in [0.29, 0.717) is 28.1 Å². The maximum atomic E-state index is 12.1. The third-order valence-corrected chi connectivity index (χ3v) is 3.30. The molecular formula is C14H16ClN3O3. The molecule has 0 aliphatic carbocycles. The molecule has 1 amide bonds. The lowest BCUT2D eigenvalue weighted by atomic mass is 10.1. The van der Waals surface area contributed by atoms with Gasteiger partial charge < -0.3 is 14.6 Å². The maximum absolute atomic E-state index is 12.1. The molecule has 1 unspecified atom stereocenters. The third kappa shape index (κ3) is 3.72. The molecule has 2 rings (SSSR count). The van der Waals surface area contributed by atoms with Crippen molar-refractivity contribution in [2.75, 3.05) is 7.11 Å². The van der Waals surface area contributed by atoms with Gasteiger partial charge in [0.25, 0.3) is 0 Å². The number of amides is 1. The summed E-state index contributed by atoms with van der Waals surface area (Å²) in [6, 6.07) is 4.91. The molecule has 7 heteroatoms. The smallest absolute Gasteiger partial charge is 0.225 e. The molecule has 0 radical (unpaired) electrons. The Bertz CT molecular complexity index is 642. The summed E-state index contributed by atoms with van der Waals surface area (Å²) in [6.45, 7) is 3.48. The van der Waals surface area contributed by atoms with Gasteiger partial charge in [-0.1, -0.05) is 22.8 Å². The van der Waals surface area contributed by atoms with Gasteiger partial charge in [-0.2, -0.15) is 4.98 Å². The molecule has 1 atom stereocenters. The molecule has 1 aromatic heterocycles. The topological polar surface area (TPSA) is 77.2 Å².